The summed E-state index contributed by atoms with van der Waals surface area (Å²) in [7, 11) is 1.30. The fourth-order valence-corrected chi connectivity index (χ4v) is 7.01. The first-order valence-electron chi connectivity index (χ1n) is 13.9. The van der Waals surface area contributed by atoms with Crippen LogP contribution < -0.4 is 34.0 Å². The van der Waals surface area contributed by atoms with E-state index in [4.69, 9.17) is 25.8 Å². The summed E-state index contributed by atoms with van der Waals surface area (Å²) < 4.78 is 90.9. The van der Waals surface area contributed by atoms with Gasteiger partial charge in [-0.3, -0.25) is 0 Å². The van der Waals surface area contributed by atoms with Crippen LogP contribution in [-0.2, 0) is 21.3 Å². The number of nitrogens with one attached hydrogen (secondary N) is 2. The van der Waals surface area contributed by atoms with Gasteiger partial charge in [-0.15, -0.1) is 11.3 Å². The standard InChI is InChI=1S/C30H31ClF3N5O7S2/c1-35-30(40)45-11-10-38(2)25-13-20(46-28(33)34)7-8-23(25)37-24-16-22(32)27(15-21(24)31)48(41,42)39(29-36-9-12-47-29)17-18-5-6-19(43-3)14-26(18)44-4/h5-9,12-16,28,37H,10-11,17H2,1-4H3,(H,35,40). The molecule has 18 heteroatoms. The number of carbonyl (C=O) groups excluding carboxylic acids is 1. The van der Waals surface area contributed by atoms with E-state index >= 15 is 4.39 Å². The number of sulfonamides is 1. The van der Waals surface area contributed by atoms with E-state index in [-0.39, 0.29) is 47.0 Å². The maximum Gasteiger partial charge on any atom is 0.406 e. The minimum Gasteiger partial charge on any atom is -0.497 e. The van der Waals surface area contributed by atoms with Gasteiger partial charge in [-0.05, 0) is 30.3 Å². The summed E-state index contributed by atoms with van der Waals surface area (Å²) in [4.78, 5) is 16.5. The van der Waals surface area contributed by atoms with Crippen LogP contribution in [0, 0.1) is 5.82 Å². The zero-order valence-electron chi connectivity index (χ0n) is 26.0. The Bertz CT molecular complexity index is 1840. The Morgan fingerprint density at radius 2 is 1.81 bits per heavy atom. The van der Waals surface area contributed by atoms with Crippen molar-refractivity contribution in [1.29, 1.82) is 0 Å². The molecule has 258 valence electrons. The highest BCUT2D eigenvalue weighted by atomic mass is 35.5. The van der Waals surface area contributed by atoms with Gasteiger partial charge in [-0.25, -0.2) is 26.9 Å². The molecule has 2 N–H and O–H groups in total. The molecule has 0 aliphatic carbocycles. The van der Waals surface area contributed by atoms with E-state index in [0.29, 0.717) is 22.7 Å². The molecular weight excluding hydrogens is 699 g/mol. The molecule has 3 aromatic carbocycles. The molecule has 0 atom stereocenters. The Kier molecular flexibility index (Phi) is 12.1. The summed E-state index contributed by atoms with van der Waals surface area (Å²) in [5, 5.41) is 6.73. The first kappa shape index (κ1) is 36.2. The second kappa shape index (κ2) is 16.0. The van der Waals surface area contributed by atoms with Crippen LogP contribution in [0.4, 0.5) is 40.2 Å². The molecule has 48 heavy (non-hydrogen) atoms. The molecule has 12 nitrogen and oxygen atoms in total. The maximum atomic E-state index is 15.8. The summed E-state index contributed by atoms with van der Waals surface area (Å²) in [6.07, 6.45) is 0.756. The zero-order chi connectivity index (χ0) is 35.0. The SMILES string of the molecule is CNC(=O)OCCN(C)c1cc(OC(F)F)ccc1Nc1cc(F)c(S(=O)(=O)N(Cc2ccc(OC)cc2OC)c2nccs2)cc1Cl. The van der Waals surface area contributed by atoms with Crippen LogP contribution in [-0.4, -0.2) is 67.6 Å². The fourth-order valence-electron chi connectivity index (χ4n) is 4.39. The number of likely N-dealkylation sites (N-methyl/N-ethyl adjacent to an activating group) is 1. The van der Waals surface area contributed by atoms with E-state index in [1.165, 1.54) is 45.7 Å². The van der Waals surface area contributed by atoms with Crippen molar-refractivity contribution >= 4 is 61.2 Å². The average Bonchev–Trinajstić information content (AvgIpc) is 3.59. The topological polar surface area (TPSA) is 132 Å². The highest BCUT2D eigenvalue weighted by Crippen LogP contribution is 2.38. The molecule has 0 spiro atoms. The van der Waals surface area contributed by atoms with Gasteiger partial charge in [0, 0.05) is 49.4 Å². The Labute approximate surface area is 284 Å². The number of alkyl halides is 2. The first-order chi connectivity index (χ1) is 22.9. The van der Waals surface area contributed by atoms with E-state index in [0.717, 1.165) is 27.8 Å². The number of halogens is 4. The van der Waals surface area contributed by atoms with Crippen LogP contribution in [0.2, 0.25) is 5.02 Å². The number of hydrogen-bond donors (Lipinski definition) is 2. The fraction of sp³-hybridized carbons (Fsp3) is 0.267. The molecule has 0 aliphatic rings. The smallest absolute Gasteiger partial charge is 0.406 e. The van der Waals surface area contributed by atoms with Crippen molar-refractivity contribution in [2.45, 2.75) is 18.1 Å². The molecule has 0 aliphatic heterocycles. The lowest BCUT2D eigenvalue weighted by Crippen LogP contribution is -2.31. The predicted octanol–water partition coefficient (Wildman–Crippen LogP) is 6.49. The van der Waals surface area contributed by atoms with E-state index < -0.39 is 33.4 Å². The third kappa shape index (κ3) is 8.64. The van der Waals surface area contributed by atoms with Crippen molar-refractivity contribution in [2.75, 3.05) is 56.0 Å². The Morgan fingerprint density at radius 1 is 1.06 bits per heavy atom. The minimum absolute atomic E-state index is 0.0236. The molecule has 1 aromatic heterocycles. The third-order valence-corrected chi connectivity index (χ3v) is 9.74. The van der Waals surface area contributed by atoms with Crippen LogP contribution in [0.3, 0.4) is 0 Å². The van der Waals surface area contributed by atoms with Crippen LogP contribution in [0.15, 0.2) is 65.0 Å². The Hall–Kier alpha value is -4.61. The summed E-state index contributed by atoms with van der Waals surface area (Å²) >= 11 is 7.57. The highest BCUT2D eigenvalue weighted by Gasteiger charge is 2.32. The molecular formula is C30H31ClF3N5O7S2. The van der Waals surface area contributed by atoms with Crippen LogP contribution >= 0.6 is 22.9 Å². The van der Waals surface area contributed by atoms with Gasteiger partial charge in [0.05, 0.1) is 49.4 Å². The van der Waals surface area contributed by atoms with Gasteiger partial charge in [0.2, 0.25) is 0 Å². The maximum absolute atomic E-state index is 15.8. The van der Waals surface area contributed by atoms with Crippen LogP contribution in [0.25, 0.3) is 0 Å². The number of anilines is 4. The quantitative estimate of drug-likeness (QED) is 0.140. The number of alkyl carbamates (subject to hydrolysis) is 1. The van der Waals surface area contributed by atoms with Gasteiger partial charge in [0.1, 0.15) is 34.6 Å². The second-order valence-electron chi connectivity index (χ2n) is 9.76. The van der Waals surface area contributed by atoms with E-state index in [2.05, 4.69) is 20.4 Å². The number of ether oxygens (including phenoxy) is 4. The number of hydrogen-bond acceptors (Lipinski definition) is 11. The van der Waals surface area contributed by atoms with Crippen molar-refractivity contribution in [3.05, 3.63) is 76.5 Å². The van der Waals surface area contributed by atoms with E-state index in [1.807, 2.05) is 0 Å². The number of nitrogens with zero attached hydrogens (tertiary/aromatic N) is 3. The van der Waals surface area contributed by atoms with Crippen molar-refractivity contribution in [2.24, 2.45) is 0 Å². The molecule has 0 bridgehead atoms. The van der Waals surface area contributed by atoms with E-state index in [1.54, 1.807) is 35.5 Å². The molecule has 1 amide bonds. The van der Waals surface area contributed by atoms with Crippen molar-refractivity contribution < 1.29 is 45.3 Å². The summed E-state index contributed by atoms with van der Waals surface area (Å²) in [5.41, 5.74) is 1.00. The van der Waals surface area contributed by atoms with Gasteiger partial charge >= 0.3 is 12.7 Å². The summed E-state index contributed by atoms with van der Waals surface area (Å²) in [6.45, 7) is -3.28. The molecule has 0 radical (unpaired) electrons. The predicted molar refractivity (Wildman–Crippen MR) is 176 cm³/mol. The molecule has 1 heterocycles. The minimum atomic E-state index is -4.60. The molecule has 0 unspecified atom stereocenters. The highest BCUT2D eigenvalue weighted by molar-refractivity contribution is 7.93. The lowest BCUT2D eigenvalue weighted by atomic mass is 10.2. The third-order valence-electron chi connectivity index (χ3n) is 6.77. The average molecular weight is 730 g/mol. The molecule has 0 saturated carbocycles. The lowest BCUT2D eigenvalue weighted by Gasteiger charge is -2.25. The van der Waals surface area contributed by atoms with Crippen LogP contribution in [0.5, 0.6) is 17.2 Å². The lowest BCUT2D eigenvalue weighted by molar-refractivity contribution is -0.0498. The Morgan fingerprint density at radius 3 is 2.46 bits per heavy atom. The molecule has 0 saturated heterocycles. The summed E-state index contributed by atoms with van der Waals surface area (Å²) in [5.74, 6) is -0.464. The number of thiazole rings is 1. The first-order valence-corrected chi connectivity index (χ1v) is 16.6. The Balaban J connectivity index is 1.68. The zero-order valence-corrected chi connectivity index (χ0v) is 28.4. The van der Waals surface area contributed by atoms with Gasteiger partial charge in [-0.1, -0.05) is 11.6 Å². The van der Waals surface area contributed by atoms with E-state index in [9.17, 15) is 22.0 Å². The molecule has 0 fully saturated rings. The van der Waals surface area contributed by atoms with Crippen molar-refractivity contribution in [1.82, 2.24) is 10.3 Å². The molecule has 4 aromatic rings. The van der Waals surface area contributed by atoms with Crippen LogP contribution in [0.1, 0.15) is 5.56 Å². The van der Waals surface area contributed by atoms with Gasteiger partial charge in [-0.2, -0.15) is 8.78 Å². The molecule has 4 rings (SSSR count). The second-order valence-corrected chi connectivity index (χ2v) is 12.9. The van der Waals surface area contributed by atoms with Crippen molar-refractivity contribution in [3.63, 3.8) is 0 Å². The van der Waals surface area contributed by atoms with Gasteiger partial charge in [0.15, 0.2) is 5.13 Å². The normalized spacial score (nSPS) is 11.2. The number of rotatable bonds is 15. The number of benzene rings is 3. The monoisotopic (exact) mass is 729 g/mol. The largest absolute Gasteiger partial charge is 0.497 e. The van der Waals surface area contributed by atoms with Crippen molar-refractivity contribution in [3.8, 4) is 17.2 Å². The number of amides is 1. The summed E-state index contributed by atoms with van der Waals surface area (Å²) in [6, 6.07) is 10.7. The van der Waals surface area contributed by atoms with Gasteiger partial charge < -0.3 is 34.5 Å². The number of methoxy groups -OCH3 is 2. The van der Waals surface area contributed by atoms with Gasteiger partial charge in [0.25, 0.3) is 10.0 Å². The number of carbonyl (C=O) groups is 1. The number of aromatic nitrogens is 1.